The predicted octanol–water partition coefficient (Wildman–Crippen LogP) is 1.18. The standard InChI is InChI=1S/C16H25FN4O2S.HI/c1-18-16(20(2)13-14-3-5-15(17)6-4-14)19-7-8-21-9-11-24(22,23)12-10-21;/h3-6H,7-13H2,1-2H3,(H,18,19);1H. The first-order valence-corrected chi connectivity index (χ1v) is 9.81. The normalized spacial score (nSPS) is 17.6. The van der Waals surface area contributed by atoms with Gasteiger partial charge in [-0.2, -0.15) is 0 Å². The molecule has 1 fully saturated rings. The number of hydrogen-bond acceptors (Lipinski definition) is 4. The second-order valence-electron chi connectivity index (χ2n) is 5.95. The van der Waals surface area contributed by atoms with Gasteiger partial charge in [-0.1, -0.05) is 12.1 Å². The third-order valence-electron chi connectivity index (χ3n) is 4.05. The fraction of sp³-hybridized carbons (Fsp3) is 0.562. The maximum atomic E-state index is 12.9. The van der Waals surface area contributed by atoms with E-state index in [-0.39, 0.29) is 41.3 Å². The van der Waals surface area contributed by atoms with Gasteiger partial charge in [0.15, 0.2) is 15.8 Å². The van der Waals surface area contributed by atoms with Crippen LogP contribution in [-0.2, 0) is 16.4 Å². The molecule has 0 unspecified atom stereocenters. The van der Waals surface area contributed by atoms with Gasteiger partial charge in [0.1, 0.15) is 5.82 Å². The van der Waals surface area contributed by atoms with E-state index in [0.29, 0.717) is 26.2 Å². The molecule has 6 nitrogen and oxygen atoms in total. The molecule has 142 valence electrons. The number of aliphatic imine (C=N–C) groups is 1. The van der Waals surface area contributed by atoms with Crippen molar-refractivity contribution in [3.63, 3.8) is 0 Å². The molecule has 0 saturated carbocycles. The van der Waals surface area contributed by atoms with E-state index >= 15 is 0 Å². The van der Waals surface area contributed by atoms with Crippen LogP contribution < -0.4 is 5.32 Å². The zero-order valence-electron chi connectivity index (χ0n) is 14.6. The van der Waals surface area contributed by atoms with Gasteiger partial charge in [0, 0.05) is 46.8 Å². The van der Waals surface area contributed by atoms with Crippen LogP contribution in [0.1, 0.15) is 5.56 Å². The van der Waals surface area contributed by atoms with E-state index in [0.717, 1.165) is 18.1 Å². The average Bonchev–Trinajstić information content (AvgIpc) is 2.55. The van der Waals surface area contributed by atoms with Gasteiger partial charge < -0.3 is 10.2 Å². The highest BCUT2D eigenvalue weighted by Crippen LogP contribution is 2.06. The third kappa shape index (κ3) is 7.45. The maximum Gasteiger partial charge on any atom is 0.193 e. The largest absolute Gasteiger partial charge is 0.355 e. The summed E-state index contributed by atoms with van der Waals surface area (Å²) in [7, 11) is 0.808. The summed E-state index contributed by atoms with van der Waals surface area (Å²) in [5.74, 6) is 0.995. The van der Waals surface area contributed by atoms with E-state index in [2.05, 4.69) is 15.2 Å². The summed E-state index contributed by atoms with van der Waals surface area (Å²) < 4.78 is 35.8. The molecule has 1 aromatic carbocycles. The summed E-state index contributed by atoms with van der Waals surface area (Å²) in [6, 6.07) is 6.41. The minimum Gasteiger partial charge on any atom is -0.355 e. The molecule has 1 heterocycles. The highest BCUT2D eigenvalue weighted by Gasteiger charge is 2.21. The van der Waals surface area contributed by atoms with Crippen molar-refractivity contribution >= 4 is 39.8 Å². The van der Waals surface area contributed by atoms with Crippen molar-refractivity contribution in [3.05, 3.63) is 35.6 Å². The minimum absolute atomic E-state index is 0. The molecule has 0 aliphatic carbocycles. The second kappa shape index (κ2) is 10.3. The molecule has 0 amide bonds. The van der Waals surface area contributed by atoms with Crippen molar-refractivity contribution in [2.24, 2.45) is 4.99 Å². The summed E-state index contributed by atoms with van der Waals surface area (Å²) in [5.41, 5.74) is 1.00. The van der Waals surface area contributed by atoms with Crippen LogP contribution in [-0.4, -0.2) is 76.0 Å². The van der Waals surface area contributed by atoms with Crippen LogP contribution in [0.15, 0.2) is 29.3 Å². The van der Waals surface area contributed by atoms with Crippen LogP contribution in [0.25, 0.3) is 0 Å². The highest BCUT2D eigenvalue weighted by molar-refractivity contribution is 14.0. The molecule has 0 spiro atoms. The number of rotatable bonds is 5. The fourth-order valence-electron chi connectivity index (χ4n) is 2.62. The van der Waals surface area contributed by atoms with E-state index < -0.39 is 9.84 Å². The predicted molar refractivity (Wildman–Crippen MR) is 110 cm³/mol. The van der Waals surface area contributed by atoms with Crippen molar-refractivity contribution in [2.45, 2.75) is 6.54 Å². The smallest absolute Gasteiger partial charge is 0.193 e. The molecule has 0 radical (unpaired) electrons. The molecule has 0 bridgehead atoms. The lowest BCUT2D eigenvalue weighted by Gasteiger charge is -2.28. The lowest BCUT2D eigenvalue weighted by atomic mass is 10.2. The first-order chi connectivity index (χ1) is 11.4. The molecule has 0 atom stereocenters. The van der Waals surface area contributed by atoms with Gasteiger partial charge >= 0.3 is 0 Å². The van der Waals surface area contributed by atoms with Gasteiger partial charge in [-0.25, -0.2) is 12.8 Å². The van der Waals surface area contributed by atoms with Gasteiger partial charge in [0.05, 0.1) is 11.5 Å². The maximum absolute atomic E-state index is 12.9. The Morgan fingerprint density at radius 3 is 2.44 bits per heavy atom. The zero-order chi connectivity index (χ0) is 17.6. The summed E-state index contributed by atoms with van der Waals surface area (Å²) in [4.78, 5) is 8.36. The number of hydrogen-bond donors (Lipinski definition) is 1. The van der Waals surface area contributed by atoms with Crippen LogP contribution in [0.2, 0.25) is 0 Å². The van der Waals surface area contributed by atoms with Crippen molar-refractivity contribution in [1.29, 1.82) is 0 Å². The average molecular weight is 484 g/mol. The molecule has 1 aromatic rings. The Labute approximate surface area is 166 Å². The van der Waals surface area contributed by atoms with E-state index in [1.807, 2.05) is 11.9 Å². The number of guanidine groups is 1. The van der Waals surface area contributed by atoms with Crippen LogP contribution >= 0.6 is 24.0 Å². The summed E-state index contributed by atoms with van der Waals surface area (Å²) in [5, 5.41) is 3.28. The van der Waals surface area contributed by atoms with E-state index in [9.17, 15) is 12.8 Å². The van der Waals surface area contributed by atoms with Crippen molar-refractivity contribution in [1.82, 2.24) is 15.1 Å². The Balaban J connectivity index is 0.00000312. The Morgan fingerprint density at radius 1 is 1.28 bits per heavy atom. The van der Waals surface area contributed by atoms with Gasteiger partial charge in [0.25, 0.3) is 0 Å². The number of sulfone groups is 1. The molecule has 25 heavy (non-hydrogen) atoms. The first-order valence-electron chi connectivity index (χ1n) is 7.98. The van der Waals surface area contributed by atoms with Crippen LogP contribution in [0.3, 0.4) is 0 Å². The fourth-order valence-corrected chi connectivity index (χ4v) is 3.90. The Morgan fingerprint density at radius 2 is 1.88 bits per heavy atom. The Bertz CT molecular complexity index is 653. The molecular formula is C16H26FIN4O2S. The van der Waals surface area contributed by atoms with Crippen molar-refractivity contribution in [2.75, 3.05) is 51.8 Å². The molecule has 1 saturated heterocycles. The summed E-state index contributed by atoms with van der Waals surface area (Å²) in [6.45, 7) is 3.28. The highest BCUT2D eigenvalue weighted by atomic mass is 127. The molecule has 1 aliphatic heterocycles. The number of nitrogens with zero attached hydrogens (tertiary/aromatic N) is 3. The first kappa shape index (κ1) is 22.1. The SMILES string of the molecule is CN=C(NCCN1CCS(=O)(=O)CC1)N(C)Cc1ccc(F)cc1.I. The quantitative estimate of drug-likeness (QED) is 0.387. The minimum atomic E-state index is -2.83. The molecule has 2 rings (SSSR count). The summed E-state index contributed by atoms with van der Waals surface area (Å²) in [6.07, 6.45) is 0. The van der Waals surface area contributed by atoms with Gasteiger partial charge in [-0.15, -0.1) is 24.0 Å². The molecule has 9 heteroatoms. The molecule has 0 aromatic heterocycles. The number of benzene rings is 1. The third-order valence-corrected chi connectivity index (χ3v) is 5.66. The van der Waals surface area contributed by atoms with E-state index in [4.69, 9.17) is 0 Å². The van der Waals surface area contributed by atoms with Gasteiger partial charge in [0.2, 0.25) is 0 Å². The van der Waals surface area contributed by atoms with Crippen molar-refractivity contribution in [3.8, 4) is 0 Å². The zero-order valence-corrected chi connectivity index (χ0v) is 17.8. The lowest BCUT2D eigenvalue weighted by Crippen LogP contribution is -2.46. The number of halogens is 2. The van der Waals surface area contributed by atoms with E-state index in [1.54, 1.807) is 19.2 Å². The van der Waals surface area contributed by atoms with Crippen LogP contribution in [0.4, 0.5) is 4.39 Å². The second-order valence-corrected chi connectivity index (χ2v) is 8.25. The van der Waals surface area contributed by atoms with Gasteiger partial charge in [-0.3, -0.25) is 9.89 Å². The Hall–Kier alpha value is -0.940. The monoisotopic (exact) mass is 484 g/mol. The van der Waals surface area contributed by atoms with Crippen LogP contribution in [0.5, 0.6) is 0 Å². The van der Waals surface area contributed by atoms with Crippen LogP contribution in [0, 0.1) is 5.82 Å². The van der Waals surface area contributed by atoms with E-state index in [1.165, 1.54) is 12.1 Å². The van der Waals surface area contributed by atoms with Gasteiger partial charge in [-0.05, 0) is 17.7 Å². The molecule has 1 aliphatic rings. The Kier molecular flexibility index (Phi) is 9.08. The number of nitrogens with one attached hydrogen (secondary N) is 1. The van der Waals surface area contributed by atoms with Crippen molar-refractivity contribution < 1.29 is 12.8 Å². The summed E-state index contributed by atoms with van der Waals surface area (Å²) >= 11 is 0. The molecule has 1 N–H and O–H groups in total. The molecular weight excluding hydrogens is 458 g/mol. The lowest BCUT2D eigenvalue weighted by molar-refractivity contribution is 0.298. The topological polar surface area (TPSA) is 65.0 Å².